The van der Waals surface area contributed by atoms with Crippen LogP contribution in [0.1, 0.15) is 45.6 Å². The maximum Gasteiger partial charge on any atom is 0.243 e. The molecule has 0 radical (unpaired) electrons. The third kappa shape index (κ3) is 3.41. The molecule has 2 rings (SSSR count). The van der Waals surface area contributed by atoms with Crippen LogP contribution in [0, 0.1) is 12.3 Å². The highest BCUT2D eigenvalue weighted by molar-refractivity contribution is 7.89. The van der Waals surface area contributed by atoms with Crippen molar-refractivity contribution in [1.29, 1.82) is 0 Å². The van der Waals surface area contributed by atoms with Crippen LogP contribution in [0.25, 0.3) is 0 Å². The van der Waals surface area contributed by atoms with E-state index in [2.05, 4.69) is 20.8 Å². The van der Waals surface area contributed by atoms with E-state index in [1.807, 2.05) is 19.1 Å². The van der Waals surface area contributed by atoms with Crippen molar-refractivity contribution < 1.29 is 8.42 Å². The Morgan fingerprint density at radius 3 is 2.35 bits per heavy atom. The van der Waals surface area contributed by atoms with Gasteiger partial charge in [0.2, 0.25) is 10.0 Å². The minimum Gasteiger partial charge on any atom is -0.207 e. The van der Waals surface area contributed by atoms with Gasteiger partial charge in [0.05, 0.1) is 4.90 Å². The quantitative estimate of drug-likeness (QED) is 0.854. The SMILES string of the molecule is Cc1ccc(S(=O)(=O)N2CCC[C@@H]2CC(C)(C)C)cc1. The lowest BCUT2D eigenvalue weighted by Gasteiger charge is -2.29. The minimum absolute atomic E-state index is 0.140. The van der Waals surface area contributed by atoms with Crippen LogP contribution in [-0.4, -0.2) is 25.3 Å². The maximum atomic E-state index is 12.8. The molecular weight excluding hydrogens is 270 g/mol. The van der Waals surface area contributed by atoms with Gasteiger partial charge in [0.25, 0.3) is 0 Å². The molecule has 0 N–H and O–H groups in total. The first kappa shape index (κ1) is 15.5. The Balaban J connectivity index is 2.26. The predicted octanol–water partition coefficient (Wildman–Crippen LogP) is 3.58. The van der Waals surface area contributed by atoms with Gasteiger partial charge in [0.1, 0.15) is 0 Å². The summed E-state index contributed by atoms with van der Waals surface area (Å²) in [4.78, 5) is 0.420. The lowest BCUT2D eigenvalue weighted by molar-refractivity contribution is 0.267. The maximum absolute atomic E-state index is 12.8. The molecule has 112 valence electrons. The Kier molecular flexibility index (Phi) is 4.26. The first-order chi connectivity index (χ1) is 9.20. The molecule has 0 spiro atoms. The van der Waals surface area contributed by atoms with E-state index in [0.717, 1.165) is 24.8 Å². The second kappa shape index (κ2) is 5.49. The molecule has 4 heteroatoms. The first-order valence-electron chi connectivity index (χ1n) is 7.29. The first-order valence-corrected chi connectivity index (χ1v) is 8.73. The average molecular weight is 295 g/mol. The average Bonchev–Trinajstić information content (AvgIpc) is 2.76. The van der Waals surface area contributed by atoms with Crippen molar-refractivity contribution in [3.05, 3.63) is 29.8 Å². The molecule has 1 aliphatic rings. The van der Waals surface area contributed by atoms with Gasteiger partial charge in [-0.3, -0.25) is 0 Å². The van der Waals surface area contributed by atoms with Gasteiger partial charge in [-0.05, 0) is 43.7 Å². The molecule has 0 saturated carbocycles. The zero-order chi connectivity index (χ0) is 15.0. The van der Waals surface area contributed by atoms with Crippen molar-refractivity contribution in [2.24, 2.45) is 5.41 Å². The van der Waals surface area contributed by atoms with Gasteiger partial charge < -0.3 is 0 Å². The molecule has 0 aromatic heterocycles. The highest BCUT2D eigenvalue weighted by atomic mass is 32.2. The van der Waals surface area contributed by atoms with Crippen molar-refractivity contribution in [2.45, 2.75) is 57.9 Å². The number of sulfonamides is 1. The number of nitrogens with zero attached hydrogens (tertiary/aromatic N) is 1. The van der Waals surface area contributed by atoms with Crippen molar-refractivity contribution in [1.82, 2.24) is 4.31 Å². The van der Waals surface area contributed by atoms with Crippen LogP contribution < -0.4 is 0 Å². The van der Waals surface area contributed by atoms with Crippen molar-refractivity contribution in [2.75, 3.05) is 6.54 Å². The lowest BCUT2D eigenvalue weighted by Crippen LogP contribution is -2.37. The summed E-state index contributed by atoms with van der Waals surface area (Å²) in [6, 6.07) is 7.30. The summed E-state index contributed by atoms with van der Waals surface area (Å²) in [7, 11) is -3.34. The Labute approximate surface area is 123 Å². The molecule has 0 amide bonds. The van der Waals surface area contributed by atoms with Crippen LogP contribution in [0.2, 0.25) is 0 Å². The van der Waals surface area contributed by atoms with Gasteiger partial charge in [-0.15, -0.1) is 0 Å². The van der Waals surface area contributed by atoms with E-state index in [9.17, 15) is 8.42 Å². The third-order valence-electron chi connectivity index (χ3n) is 3.80. The molecule has 0 unspecified atom stereocenters. The third-order valence-corrected chi connectivity index (χ3v) is 5.76. The number of rotatable bonds is 3. The standard InChI is InChI=1S/C16H25NO2S/c1-13-7-9-15(10-8-13)20(18,19)17-11-5-6-14(17)12-16(2,3)4/h7-10,14H,5-6,11-12H2,1-4H3/t14-/m1/s1. The molecule has 1 aromatic rings. The van der Waals surface area contributed by atoms with Crippen LogP contribution in [0.15, 0.2) is 29.2 Å². The summed E-state index contributed by atoms with van der Waals surface area (Å²) >= 11 is 0. The van der Waals surface area contributed by atoms with E-state index in [4.69, 9.17) is 0 Å². The Bertz CT molecular complexity index is 555. The number of aryl methyl sites for hydroxylation is 1. The van der Waals surface area contributed by atoms with Gasteiger partial charge in [-0.1, -0.05) is 38.5 Å². The normalized spacial score (nSPS) is 21.3. The fourth-order valence-corrected chi connectivity index (χ4v) is 4.57. The lowest BCUT2D eigenvalue weighted by atomic mass is 9.88. The second-order valence-corrected chi connectivity index (χ2v) is 8.88. The van der Waals surface area contributed by atoms with Gasteiger partial charge in [0, 0.05) is 12.6 Å². The summed E-state index contributed by atoms with van der Waals surface area (Å²) in [5.41, 5.74) is 1.23. The van der Waals surface area contributed by atoms with Crippen molar-refractivity contribution >= 4 is 10.0 Å². The fourth-order valence-electron chi connectivity index (χ4n) is 2.88. The van der Waals surface area contributed by atoms with Crippen LogP contribution in [0.5, 0.6) is 0 Å². The van der Waals surface area contributed by atoms with Crippen LogP contribution in [0.4, 0.5) is 0 Å². The summed E-state index contributed by atoms with van der Waals surface area (Å²) in [6.45, 7) is 9.12. The highest BCUT2D eigenvalue weighted by Gasteiger charge is 2.36. The Morgan fingerprint density at radius 2 is 1.80 bits per heavy atom. The molecule has 1 heterocycles. The van der Waals surface area contributed by atoms with Gasteiger partial charge >= 0.3 is 0 Å². The molecule has 0 bridgehead atoms. The fraction of sp³-hybridized carbons (Fsp3) is 0.625. The number of hydrogen-bond acceptors (Lipinski definition) is 2. The summed E-state index contributed by atoms with van der Waals surface area (Å²) in [5, 5.41) is 0. The summed E-state index contributed by atoms with van der Waals surface area (Å²) < 4.78 is 27.2. The topological polar surface area (TPSA) is 37.4 Å². The molecule has 1 atom stereocenters. The van der Waals surface area contributed by atoms with Gasteiger partial charge in [-0.25, -0.2) is 8.42 Å². The van der Waals surface area contributed by atoms with Gasteiger partial charge in [-0.2, -0.15) is 4.31 Å². The molecule has 1 aliphatic heterocycles. The molecule has 3 nitrogen and oxygen atoms in total. The minimum atomic E-state index is -3.34. The monoisotopic (exact) mass is 295 g/mol. The number of hydrogen-bond donors (Lipinski definition) is 0. The summed E-state index contributed by atoms with van der Waals surface area (Å²) in [6.07, 6.45) is 2.85. The van der Waals surface area contributed by atoms with Crippen molar-refractivity contribution in [3.8, 4) is 0 Å². The van der Waals surface area contributed by atoms with E-state index < -0.39 is 10.0 Å². The smallest absolute Gasteiger partial charge is 0.207 e. The zero-order valence-electron chi connectivity index (χ0n) is 12.9. The molecule has 1 fully saturated rings. The van der Waals surface area contributed by atoms with E-state index in [1.54, 1.807) is 16.4 Å². The van der Waals surface area contributed by atoms with Crippen LogP contribution in [0.3, 0.4) is 0 Å². The number of benzene rings is 1. The van der Waals surface area contributed by atoms with E-state index in [1.165, 1.54) is 0 Å². The molecule has 20 heavy (non-hydrogen) atoms. The highest BCUT2D eigenvalue weighted by Crippen LogP contribution is 2.33. The Hall–Kier alpha value is -0.870. The largest absolute Gasteiger partial charge is 0.243 e. The van der Waals surface area contributed by atoms with Crippen molar-refractivity contribution in [3.63, 3.8) is 0 Å². The molecule has 0 aliphatic carbocycles. The van der Waals surface area contributed by atoms with E-state index >= 15 is 0 Å². The molecule has 1 aromatic carbocycles. The predicted molar refractivity (Wildman–Crippen MR) is 82.2 cm³/mol. The second-order valence-electron chi connectivity index (χ2n) is 6.99. The van der Waals surface area contributed by atoms with E-state index in [0.29, 0.717) is 11.4 Å². The van der Waals surface area contributed by atoms with Crippen LogP contribution in [-0.2, 0) is 10.0 Å². The zero-order valence-corrected chi connectivity index (χ0v) is 13.7. The summed E-state index contributed by atoms with van der Waals surface area (Å²) in [5.74, 6) is 0. The Morgan fingerprint density at radius 1 is 1.20 bits per heavy atom. The van der Waals surface area contributed by atoms with E-state index in [-0.39, 0.29) is 11.5 Å². The molecular formula is C16H25NO2S. The molecule has 1 saturated heterocycles. The van der Waals surface area contributed by atoms with Crippen LogP contribution >= 0.6 is 0 Å². The van der Waals surface area contributed by atoms with Gasteiger partial charge in [0.15, 0.2) is 0 Å².